The molecule has 1 aromatic heterocycles. The van der Waals surface area contributed by atoms with Gasteiger partial charge in [0.2, 0.25) is 11.7 Å². The van der Waals surface area contributed by atoms with E-state index in [1.807, 2.05) is 18.2 Å². The smallest absolute Gasteiger partial charge is 0.305 e. The summed E-state index contributed by atoms with van der Waals surface area (Å²) in [6, 6.07) is 16.6. The van der Waals surface area contributed by atoms with E-state index in [9.17, 15) is 14.7 Å². The lowest BCUT2D eigenvalue weighted by molar-refractivity contribution is -0.137. The van der Waals surface area contributed by atoms with Crippen LogP contribution in [0.1, 0.15) is 28.4 Å². The van der Waals surface area contributed by atoms with E-state index >= 15 is 0 Å². The summed E-state index contributed by atoms with van der Waals surface area (Å²) in [6.45, 7) is 0. The molecule has 0 radical (unpaired) electrons. The van der Waals surface area contributed by atoms with Crippen molar-refractivity contribution < 1.29 is 28.9 Å². The van der Waals surface area contributed by atoms with E-state index in [2.05, 4.69) is 10.3 Å². The quantitative estimate of drug-likeness (QED) is 0.321. The molecule has 4 rings (SSSR count). The molecule has 0 spiro atoms. The van der Waals surface area contributed by atoms with Crippen LogP contribution in [0.2, 0.25) is 0 Å². The second-order valence-corrected chi connectivity index (χ2v) is 8.00. The fourth-order valence-electron chi connectivity index (χ4n) is 3.86. The van der Waals surface area contributed by atoms with Gasteiger partial charge in [-0.1, -0.05) is 36.4 Å². The van der Waals surface area contributed by atoms with E-state index in [4.69, 9.17) is 19.9 Å². The molecular weight excluding hydrogens is 464 g/mol. The molecule has 0 aliphatic heterocycles. The van der Waals surface area contributed by atoms with Crippen molar-refractivity contribution in [1.29, 1.82) is 0 Å². The topological polar surface area (TPSA) is 138 Å². The summed E-state index contributed by atoms with van der Waals surface area (Å²) in [6.07, 6.45) is -0.275. The van der Waals surface area contributed by atoms with Crippen LogP contribution in [0.15, 0.2) is 60.7 Å². The Balaban J connectivity index is 1.68. The van der Waals surface area contributed by atoms with Crippen LogP contribution in [0.4, 0.5) is 5.95 Å². The highest BCUT2D eigenvalue weighted by atomic mass is 16.5. The number of nitrogens with zero attached hydrogens (tertiary/aromatic N) is 2. The van der Waals surface area contributed by atoms with Crippen molar-refractivity contribution in [1.82, 2.24) is 14.9 Å². The Morgan fingerprint density at radius 1 is 1.03 bits per heavy atom. The normalized spacial score (nSPS) is 11.6. The van der Waals surface area contributed by atoms with E-state index in [0.717, 1.165) is 5.52 Å². The number of rotatable bonds is 9. The molecular formula is C26H26N4O6. The van der Waals surface area contributed by atoms with Crippen LogP contribution in [0, 0.1) is 0 Å². The minimum Gasteiger partial charge on any atom is -0.493 e. The van der Waals surface area contributed by atoms with Gasteiger partial charge in [0.15, 0.2) is 17.2 Å². The lowest BCUT2D eigenvalue weighted by Crippen LogP contribution is -2.30. The number of nitrogens with one attached hydrogen (secondary N) is 1. The second kappa shape index (κ2) is 10.3. The van der Waals surface area contributed by atoms with Crippen LogP contribution < -0.4 is 25.3 Å². The minimum absolute atomic E-state index is 0.211. The van der Waals surface area contributed by atoms with Crippen LogP contribution in [0.5, 0.6) is 23.0 Å². The summed E-state index contributed by atoms with van der Waals surface area (Å²) in [5, 5.41) is 12.1. The zero-order valence-electron chi connectivity index (χ0n) is 20.0. The van der Waals surface area contributed by atoms with Gasteiger partial charge in [-0.3, -0.25) is 9.59 Å². The molecule has 1 unspecified atom stereocenters. The van der Waals surface area contributed by atoms with Crippen molar-refractivity contribution in [2.24, 2.45) is 7.05 Å². The van der Waals surface area contributed by atoms with Gasteiger partial charge in [0.25, 0.3) is 5.91 Å². The van der Waals surface area contributed by atoms with E-state index in [0.29, 0.717) is 22.8 Å². The first-order valence-electron chi connectivity index (χ1n) is 11.0. The number of aromatic nitrogens is 2. The second-order valence-electron chi connectivity index (χ2n) is 8.00. The molecule has 10 nitrogen and oxygen atoms in total. The Kier molecular flexibility index (Phi) is 6.95. The van der Waals surface area contributed by atoms with Crippen LogP contribution in [0.3, 0.4) is 0 Å². The zero-order chi connectivity index (χ0) is 25.8. The highest BCUT2D eigenvalue weighted by Gasteiger charge is 2.23. The number of amides is 1. The van der Waals surface area contributed by atoms with Crippen LogP contribution in [-0.2, 0) is 11.8 Å². The van der Waals surface area contributed by atoms with E-state index in [1.54, 1.807) is 41.9 Å². The number of hydrogen-bond acceptors (Lipinski definition) is 7. The number of para-hydroxylation sites is 1. The van der Waals surface area contributed by atoms with E-state index in [-0.39, 0.29) is 29.2 Å². The molecule has 0 aliphatic rings. The Morgan fingerprint density at radius 3 is 2.31 bits per heavy atom. The van der Waals surface area contributed by atoms with Crippen molar-refractivity contribution in [2.45, 2.75) is 12.5 Å². The summed E-state index contributed by atoms with van der Waals surface area (Å²) in [4.78, 5) is 28.9. The van der Waals surface area contributed by atoms with Gasteiger partial charge in [-0.25, -0.2) is 4.98 Å². The molecule has 0 fully saturated rings. The highest BCUT2D eigenvalue weighted by molar-refractivity contribution is 5.96. The Hall–Kier alpha value is -4.73. The molecule has 10 heteroatoms. The molecule has 1 heterocycles. The number of imidazole rings is 1. The third-order valence-electron chi connectivity index (χ3n) is 5.73. The number of hydrogen-bond donors (Lipinski definition) is 3. The molecule has 186 valence electrons. The molecule has 3 aromatic carbocycles. The molecule has 0 saturated carbocycles. The number of carboxylic acids is 1. The number of fused-ring (bicyclic) bond motifs is 1. The van der Waals surface area contributed by atoms with Gasteiger partial charge in [-0.15, -0.1) is 0 Å². The number of nitrogen functional groups attached to an aromatic ring is 1. The van der Waals surface area contributed by atoms with Crippen LogP contribution >= 0.6 is 0 Å². The van der Waals surface area contributed by atoms with Crippen LogP contribution in [-0.4, -0.2) is 40.8 Å². The Bertz CT molecular complexity index is 1390. The lowest BCUT2D eigenvalue weighted by atomic mass is 10.0. The average Bonchev–Trinajstić information content (AvgIpc) is 3.18. The number of carbonyl (C=O) groups excluding carboxylic acids is 1. The summed E-state index contributed by atoms with van der Waals surface area (Å²) < 4.78 is 18.9. The number of nitrogens with two attached hydrogens (primary N) is 1. The Labute approximate surface area is 207 Å². The van der Waals surface area contributed by atoms with Crippen molar-refractivity contribution >= 4 is 28.9 Å². The monoisotopic (exact) mass is 490 g/mol. The van der Waals surface area contributed by atoms with Crippen molar-refractivity contribution in [3.8, 4) is 23.0 Å². The fourth-order valence-corrected chi connectivity index (χ4v) is 3.86. The number of carboxylic acid groups (broad SMARTS) is 1. The molecule has 0 saturated heterocycles. The van der Waals surface area contributed by atoms with E-state index in [1.165, 1.54) is 26.4 Å². The maximum atomic E-state index is 13.1. The zero-order valence-corrected chi connectivity index (χ0v) is 20.0. The third-order valence-corrected chi connectivity index (χ3v) is 5.73. The number of anilines is 1. The number of aliphatic carboxylic acids is 1. The summed E-state index contributed by atoms with van der Waals surface area (Å²) in [7, 11) is 4.69. The predicted molar refractivity (Wildman–Crippen MR) is 134 cm³/mol. The largest absolute Gasteiger partial charge is 0.493 e. The van der Waals surface area contributed by atoms with Crippen molar-refractivity contribution in [3.05, 3.63) is 71.8 Å². The summed E-state index contributed by atoms with van der Waals surface area (Å²) in [5.41, 5.74) is 8.18. The maximum Gasteiger partial charge on any atom is 0.305 e. The van der Waals surface area contributed by atoms with Gasteiger partial charge >= 0.3 is 5.97 Å². The molecule has 1 amide bonds. The minimum atomic E-state index is -1.03. The van der Waals surface area contributed by atoms with Gasteiger partial charge in [0.1, 0.15) is 5.52 Å². The molecule has 4 aromatic rings. The SMILES string of the molecule is COc1cc(C(=O)NC(CC(=O)O)c2ccccc2)cc(OC)c1Oc1cccc2c1nc(N)n2C. The van der Waals surface area contributed by atoms with Crippen molar-refractivity contribution in [2.75, 3.05) is 20.0 Å². The number of aryl methyl sites for hydroxylation is 1. The van der Waals surface area contributed by atoms with Crippen LogP contribution in [0.25, 0.3) is 11.0 Å². The molecule has 36 heavy (non-hydrogen) atoms. The average molecular weight is 491 g/mol. The first-order chi connectivity index (χ1) is 17.3. The maximum absolute atomic E-state index is 13.1. The lowest BCUT2D eigenvalue weighted by Gasteiger charge is -2.19. The number of carbonyl (C=O) groups is 2. The predicted octanol–water partition coefficient (Wildman–Crippen LogP) is 3.91. The van der Waals surface area contributed by atoms with Gasteiger partial charge in [0, 0.05) is 12.6 Å². The van der Waals surface area contributed by atoms with E-state index < -0.39 is 17.9 Å². The fraction of sp³-hybridized carbons (Fsp3) is 0.192. The number of benzene rings is 3. The van der Waals surface area contributed by atoms with Gasteiger partial charge in [-0.2, -0.15) is 0 Å². The molecule has 4 N–H and O–H groups in total. The number of ether oxygens (including phenoxy) is 3. The standard InChI is InChI=1S/C26H26N4O6/c1-30-18-10-7-11-19(23(18)29-26(30)27)36-24-20(34-2)12-16(13-21(24)35-3)25(33)28-17(14-22(31)32)15-8-5-4-6-9-15/h4-13,17H,14H2,1-3H3,(H2,27,29)(H,28,33)(H,31,32). The summed E-state index contributed by atoms with van der Waals surface area (Å²) in [5.74, 6) is -0.0241. The van der Waals surface area contributed by atoms with Gasteiger partial charge in [0.05, 0.1) is 32.2 Å². The third kappa shape index (κ3) is 4.88. The van der Waals surface area contributed by atoms with Gasteiger partial charge in [-0.05, 0) is 29.8 Å². The first-order valence-corrected chi connectivity index (χ1v) is 11.0. The molecule has 1 atom stereocenters. The first kappa shape index (κ1) is 24.4. The molecule has 0 aliphatic carbocycles. The van der Waals surface area contributed by atoms with Gasteiger partial charge < -0.3 is 34.9 Å². The Morgan fingerprint density at radius 2 is 1.69 bits per heavy atom. The van der Waals surface area contributed by atoms with Crippen molar-refractivity contribution in [3.63, 3.8) is 0 Å². The summed E-state index contributed by atoms with van der Waals surface area (Å²) >= 11 is 0. The highest BCUT2D eigenvalue weighted by Crippen LogP contribution is 2.43. The number of methoxy groups -OCH3 is 2. The molecule has 0 bridgehead atoms.